The Morgan fingerprint density at radius 1 is 1.43 bits per heavy atom. The number of carbonyl (C=O) groups excluding carboxylic acids is 1. The van der Waals surface area contributed by atoms with E-state index in [4.69, 9.17) is 18.0 Å². The Hall–Kier alpha value is -1.57. The maximum Gasteiger partial charge on any atom is 0.251 e. The third-order valence-electron chi connectivity index (χ3n) is 4.44. The molecule has 0 N–H and O–H groups in total. The van der Waals surface area contributed by atoms with Crippen molar-refractivity contribution >= 4 is 39.1 Å². The molecule has 1 aromatic heterocycles. The molecule has 1 aromatic carbocycles. The third kappa shape index (κ3) is 3.22. The second-order valence-electron chi connectivity index (χ2n) is 5.98. The van der Waals surface area contributed by atoms with Gasteiger partial charge in [-0.25, -0.2) is 0 Å². The van der Waals surface area contributed by atoms with E-state index in [1.165, 1.54) is 17.8 Å². The minimum Gasteiger partial charge on any atom is -0.304 e. The first-order chi connectivity index (χ1) is 11.1. The predicted molar refractivity (Wildman–Crippen MR) is 95.5 cm³/mol. The maximum atomic E-state index is 12.5. The smallest absolute Gasteiger partial charge is 0.251 e. The number of benzene rings is 1. The van der Waals surface area contributed by atoms with Gasteiger partial charge >= 0.3 is 0 Å². The molecule has 1 aliphatic rings. The van der Waals surface area contributed by atoms with E-state index in [0.717, 1.165) is 41.5 Å². The highest BCUT2D eigenvalue weighted by molar-refractivity contribution is 7.16. The summed E-state index contributed by atoms with van der Waals surface area (Å²) in [5, 5.41) is 0.700. The molecule has 23 heavy (non-hydrogen) atoms. The summed E-state index contributed by atoms with van der Waals surface area (Å²) < 4.78 is 2.99. The Labute approximate surface area is 145 Å². The predicted octanol–water partition coefficient (Wildman–Crippen LogP) is 4.31. The van der Waals surface area contributed by atoms with Crippen molar-refractivity contribution in [1.29, 1.82) is 0 Å². The zero-order valence-electron chi connectivity index (χ0n) is 13.1. The van der Waals surface area contributed by atoms with Gasteiger partial charge in [-0.2, -0.15) is 4.99 Å². The summed E-state index contributed by atoms with van der Waals surface area (Å²) >= 11 is 7.74. The highest BCUT2D eigenvalue weighted by atomic mass is 35.5. The number of fused-ring (bicyclic) bond motifs is 1. The van der Waals surface area contributed by atoms with E-state index in [9.17, 15) is 4.79 Å². The number of thiazole rings is 1. The van der Waals surface area contributed by atoms with Gasteiger partial charge < -0.3 is 4.57 Å². The van der Waals surface area contributed by atoms with Gasteiger partial charge in [0.1, 0.15) is 0 Å². The SMILES string of the molecule is C#CCn1c(=NC(=O)C2CCCCC2)sc2ccc(Cl)c(C)c21. The van der Waals surface area contributed by atoms with Crippen LogP contribution in [0.15, 0.2) is 17.1 Å². The van der Waals surface area contributed by atoms with Gasteiger partial charge in [0.05, 0.1) is 16.8 Å². The van der Waals surface area contributed by atoms with E-state index in [0.29, 0.717) is 16.4 Å². The number of hydrogen-bond acceptors (Lipinski definition) is 2. The van der Waals surface area contributed by atoms with Gasteiger partial charge in [-0.15, -0.1) is 6.42 Å². The largest absolute Gasteiger partial charge is 0.304 e. The van der Waals surface area contributed by atoms with E-state index in [1.807, 2.05) is 23.6 Å². The molecule has 0 saturated heterocycles. The molecule has 0 aliphatic heterocycles. The maximum absolute atomic E-state index is 12.5. The van der Waals surface area contributed by atoms with E-state index in [2.05, 4.69) is 10.9 Å². The van der Waals surface area contributed by atoms with Crippen LogP contribution in [-0.2, 0) is 11.3 Å². The van der Waals surface area contributed by atoms with Crippen molar-refractivity contribution in [2.45, 2.75) is 45.6 Å². The molecule has 3 nitrogen and oxygen atoms in total. The standard InChI is InChI=1S/C18H19ClN2OS/c1-3-11-21-16-12(2)14(19)9-10-15(16)23-18(21)20-17(22)13-7-5-4-6-8-13/h1,9-10,13H,4-8,11H2,2H3. The molecule has 1 saturated carbocycles. The van der Waals surface area contributed by atoms with Crippen molar-refractivity contribution in [1.82, 2.24) is 4.57 Å². The molecule has 1 aliphatic carbocycles. The average molecular weight is 347 g/mol. The van der Waals surface area contributed by atoms with Crippen LogP contribution in [0.2, 0.25) is 5.02 Å². The monoisotopic (exact) mass is 346 g/mol. The zero-order chi connectivity index (χ0) is 16.4. The minimum atomic E-state index is -0.00854. The number of terminal acetylenes is 1. The number of carbonyl (C=O) groups is 1. The molecule has 1 amide bonds. The van der Waals surface area contributed by atoms with Gasteiger partial charge in [0.2, 0.25) is 0 Å². The van der Waals surface area contributed by atoms with Crippen molar-refractivity contribution in [3.8, 4) is 12.3 Å². The Balaban J connectivity index is 2.11. The molecular formula is C18H19ClN2OS. The van der Waals surface area contributed by atoms with Gasteiger partial charge in [0, 0.05) is 10.9 Å². The summed E-state index contributed by atoms with van der Waals surface area (Å²) in [4.78, 5) is 17.6. The van der Waals surface area contributed by atoms with Gasteiger partial charge in [-0.3, -0.25) is 4.79 Å². The number of aryl methyl sites for hydroxylation is 1. The average Bonchev–Trinajstić information content (AvgIpc) is 2.90. The number of hydrogen-bond donors (Lipinski definition) is 0. The molecule has 1 fully saturated rings. The van der Waals surface area contributed by atoms with E-state index < -0.39 is 0 Å². The topological polar surface area (TPSA) is 34.4 Å². The number of nitrogens with zero attached hydrogens (tertiary/aromatic N) is 2. The van der Waals surface area contributed by atoms with Gasteiger partial charge in [0.25, 0.3) is 5.91 Å². The number of rotatable bonds is 2. The minimum absolute atomic E-state index is 0.00854. The summed E-state index contributed by atoms with van der Waals surface area (Å²) in [6, 6.07) is 3.84. The van der Waals surface area contributed by atoms with Crippen LogP contribution in [0.3, 0.4) is 0 Å². The molecule has 0 bridgehead atoms. The molecule has 0 unspecified atom stereocenters. The Morgan fingerprint density at radius 2 is 2.17 bits per heavy atom. The van der Waals surface area contributed by atoms with Crippen molar-refractivity contribution in [3.05, 3.63) is 27.5 Å². The molecule has 3 rings (SSSR count). The molecule has 2 aromatic rings. The van der Waals surface area contributed by atoms with Gasteiger partial charge in [-0.05, 0) is 37.5 Å². The fourth-order valence-electron chi connectivity index (χ4n) is 3.17. The molecule has 0 radical (unpaired) electrons. The van der Waals surface area contributed by atoms with Crippen LogP contribution in [0.25, 0.3) is 10.2 Å². The van der Waals surface area contributed by atoms with Crippen molar-refractivity contribution in [2.75, 3.05) is 0 Å². The highest BCUT2D eigenvalue weighted by Gasteiger charge is 2.21. The lowest BCUT2D eigenvalue weighted by Gasteiger charge is -2.17. The third-order valence-corrected chi connectivity index (χ3v) is 5.89. The van der Waals surface area contributed by atoms with Crippen molar-refractivity contribution in [3.63, 3.8) is 0 Å². The summed E-state index contributed by atoms with van der Waals surface area (Å²) in [5.41, 5.74) is 1.96. The molecule has 0 atom stereocenters. The summed E-state index contributed by atoms with van der Waals surface area (Å²) in [7, 11) is 0. The van der Waals surface area contributed by atoms with Gasteiger partial charge in [-0.1, -0.05) is 48.1 Å². The Kier molecular flexibility index (Phi) is 4.89. The molecular weight excluding hydrogens is 328 g/mol. The second-order valence-corrected chi connectivity index (χ2v) is 7.40. The van der Waals surface area contributed by atoms with Crippen LogP contribution in [0.5, 0.6) is 0 Å². The van der Waals surface area contributed by atoms with E-state index in [1.54, 1.807) is 0 Å². The number of amides is 1. The molecule has 1 heterocycles. The lowest BCUT2D eigenvalue weighted by atomic mass is 9.89. The van der Waals surface area contributed by atoms with Crippen molar-refractivity contribution in [2.24, 2.45) is 10.9 Å². The normalized spacial score (nSPS) is 16.7. The fourth-order valence-corrected chi connectivity index (χ4v) is 4.42. The van der Waals surface area contributed by atoms with E-state index >= 15 is 0 Å². The second kappa shape index (κ2) is 6.90. The van der Waals surface area contributed by atoms with E-state index in [-0.39, 0.29) is 11.8 Å². The Morgan fingerprint density at radius 3 is 2.87 bits per heavy atom. The highest BCUT2D eigenvalue weighted by Crippen LogP contribution is 2.28. The first-order valence-corrected chi connectivity index (χ1v) is 9.11. The Bertz CT molecular complexity index is 850. The van der Waals surface area contributed by atoms with Crippen LogP contribution in [0.4, 0.5) is 0 Å². The number of aromatic nitrogens is 1. The summed E-state index contributed by atoms with van der Waals surface area (Å²) in [6.45, 7) is 2.36. The number of halogens is 1. The lowest BCUT2D eigenvalue weighted by Crippen LogP contribution is -2.22. The quantitative estimate of drug-likeness (QED) is 0.746. The first kappa shape index (κ1) is 16.3. The van der Waals surface area contributed by atoms with Crippen LogP contribution < -0.4 is 4.80 Å². The summed E-state index contributed by atoms with van der Waals surface area (Å²) in [6.07, 6.45) is 10.9. The fraction of sp³-hybridized carbons (Fsp3) is 0.444. The van der Waals surface area contributed by atoms with Crippen LogP contribution in [0.1, 0.15) is 37.7 Å². The van der Waals surface area contributed by atoms with Crippen LogP contribution >= 0.6 is 22.9 Å². The summed E-state index contributed by atoms with van der Waals surface area (Å²) in [5.74, 6) is 2.72. The zero-order valence-corrected chi connectivity index (χ0v) is 14.7. The van der Waals surface area contributed by atoms with Crippen LogP contribution in [0, 0.1) is 25.2 Å². The first-order valence-electron chi connectivity index (χ1n) is 7.92. The lowest BCUT2D eigenvalue weighted by molar-refractivity contribution is -0.122. The van der Waals surface area contributed by atoms with Gasteiger partial charge in [0.15, 0.2) is 4.80 Å². The van der Waals surface area contributed by atoms with Crippen LogP contribution in [-0.4, -0.2) is 10.5 Å². The molecule has 120 valence electrons. The molecule has 0 spiro atoms. The molecule has 5 heteroatoms. The van der Waals surface area contributed by atoms with Crippen molar-refractivity contribution < 1.29 is 4.79 Å².